The molecule has 0 saturated heterocycles. The summed E-state index contributed by atoms with van der Waals surface area (Å²) in [5, 5.41) is 0. The van der Waals surface area contributed by atoms with Crippen LogP contribution >= 0.6 is 11.8 Å². The Morgan fingerprint density at radius 1 is 1.40 bits per heavy atom. The third-order valence-corrected chi connectivity index (χ3v) is 3.42. The number of rotatable bonds is 5. The van der Waals surface area contributed by atoms with Crippen LogP contribution in [0.3, 0.4) is 0 Å². The van der Waals surface area contributed by atoms with Crippen molar-refractivity contribution >= 4 is 17.5 Å². The van der Waals surface area contributed by atoms with Crippen molar-refractivity contribution in [1.29, 1.82) is 0 Å². The predicted molar refractivity (Wildman–Crippen MR) is 77.1 cm³/mol. The SMILES string of the molecule is CCC(=O)c1cc(F)cnc1Oc1cccc(SC)c1. The van der Waals surface area contributed by atoms with Gasteiger partial charge in [0.05, 0.1) is 11.8 Å². The Morgan fingerprint density at radius 3 is 2.90 bits per heavy atom. The number of carbonyl (C=O) groups excluding carboxylic acids is 1. The summed E-state index contributed by atoms with van der Waals surface area (Å²) in [6.07, 6.45) is 3.27. The molecule has 0 bridgehead atoms. The zero-order valence-electron chi connectivity index (χ0n) is 11.2. The van der Waals surface area contributed by atoms with E-state index < -0.39 is 5.82 Å². The quantitative estimate of drug-likeness (QED) is 0.607. The van der Waals surface area contributed by atoms with E-state index in [0.29, 0.717) is 5.75 Å². The highest BCUT2D eigenvalue weighted by molar-refractivity contribution is 7.98. The van der Waals surface area contributed by atoms with Gasteiger partial charge in [-0.15, -0.1) is 11.8 Å². The summed E-state index contributed by atoms with van der Waals surface area (Å²) in [5.41, 5.74) is 0.169. The molecule has 104 valence electrons. The monoisotopic (exact) mass is 291 g/mol. The van der Waals surface area contributed by atoms with Gasteiger partial charge in [-0.05, 0) is 30.5 Å². The first-order chi connectivity index (χ1) is 9.63. The second kappa shape index (κ2) is 6.52. The summed E-state index contributed by atoms with van der Waals surface area (Å²) in [6.45, 7) is 1.71. The van der Waals surface area contributed by atoms with Gasteiger partial charge in [-0.2, -0.15) is 0 Å². The van der Waals surface area contributed by atoms with E-state index in [9.17, 15) is 9.18 Å². The van der Waals surface area contributed by atoms with Crippen molar-refractivity contribution in [2.75, 3.05) is 6.26 Å². The number of ketones is 1. The number of hydrogen-bond acceptors (Lipinski definition) is 4. The Morgan fingerprint density at radius 2 is 2.20 bits per heavy atom. The molecule has 0 aliphatic carbocycles. The highest BCUT2D eigenvalue weighted by Crippen LogP contribution is 2.27. The zero-order valence-corrected chi connectivity index (χ0v) is 12.0. The molecule has 0 N–H and O–H groups in total. The second-order valence-electron chi connectivity index (χ2n) is 4.06. The number of hydrogen-bond donors (Lipinski definition) is 0. The van der Waals surface area contributed by atoms with E-state index in [1.807, 2.05) is 24.5 Å². The normalized spacial score (nSPS) is 10.3. The van der Waals surface area contributed by atoms with Crippen molar-refractivity contribution in [3.63, 3.8) is 0 Å². The average Bonchev–Trinajstić information content (AvgIpc) is 2.48. The van der Waals surface area contributed by atoms with Crippen molar-refractivity contribution in [2.45, 2.75) is 18.2 Å². The number of nitrogens with zero attached hydrogens (tertiary/aromatic N) is 1. The lowest BCUT2D eigenvalue weighted by molar-refractivity contribution is 0.0984. The van der Waals surface area contributed by atoms with E-state index in [4.69, 9.17) is 4.74 Å². The van der Waals surface area contributed by atoms with Crippen LogP contribution in [0.5, 0.6) is 11.6 Å². The van der Waals surface area contributed by atoms with Crippen LogP contribution in [-0.2, 0) is 0 Å². The van der Waals surface area contributed by atoms with Crippen molar-refractivity contribution in [3.05, 3.63) is 47.9 Å². The third kappa shape index (κ3) is 3.36. The van der Waals surface area contributed by atoms with Gasteiger partial charge >= 0.3 is 0 Å². The number of carbonyl (C=O) groups is 1. The number of ether oxygens (including phenoxy) is 1. The summed E-state index contributed by atoms with van der Waals surface area (Å²) in [6, 6.07) is 8.58. The van der Waals surface area contributed by atoms with E-state index in [0.717, 1.165) is 17.2 Å². The standard InChI is InChI=1S/C15H14FNO2S/c1-3-14(18)13-7-10(16)9-17-15(13)19-11-5-4-6-12(8-11)20-2/h4-9H,3H2,1-2H3. The summed E-state index contributed by atoms with van der Waals surface area (Å²) < 4.78 is 18.8. The fourth-order valence-electron chi connectivity index (χ4n) is 1.67. The van der Waals surface area contributed by atoms with Gasteiger partial charge in [0, 0.05) is 11.3 Å². The molecular formula is C15H14FNO2S. The van der Waals surface area contributed by atoms with Crippen LogP contribution in [0.1, 0.15) is 23.7 Å². The molecule has 0 saturated carbocycles. The first kappa shape index (κ1) is 14.5. The highest BCUT2D eigenvalue weighted by atomic mass is 32.2. The van der Waals surface area contributed by atoms with Crippen LogP contribution in [0.2, 0.25) is 0 Å². The first-order valence-electron chi connectivity index (χ1n) is 6.14. The van der Waals surface area contributed by atoms with Crippen LogP contribution in [0, 0.1) is 5.82 Å². The van der Waals surface area contributed by atoms with E-state index >= 15 is 0 Å². The van der Waals surface area contributed by atoms with Crippen molar-refractivity contribution in [2.24, 2.45) is 0 Å². The Bertz CT molecular complexity index is 631. The molecule has 2 rings (SSSR count). The molecule has 0 amide bonds. The number of aromatic nitrogens is 1. The van der Waals surface area contributed by atoms with Crippen LogP contribution in [0.15, 0.2) is 41.4 Å². The lowest BCUT2D eigenvalue weighted by atomic mass is 10.1. The minimum atomic E-state index is -0.549. The highest BCUT2D eigenvalue weighted by Gasteiger charge is 2.14. The Hall–Kier alpha value is -1.88. The Kier molecular flexibility index (Phi) is 4.74. The van der Waals surface area contributed by atoms with E-state index in [1.165, 1.54) is 0 Å². The summed E-state index contributed by atoms with van der Waals surface area (Å²) in [5.74, 6) is -0.0438. The molecule has 20 heavy (non-hydrogen) atoms. The maximum Gasteiger partial charge on any atom is 0.230 e. The second-order valence-corrected chi connectivity index (χ2v) is 4.94. The van der Waals surface area contributed by atoms with Gasteiger partial charge < -0.3 is 4.74 Å². The van der Waals surface area contributed by atoms with Crippen LogP contribution < -0.4 is 4.74 Å². The fourth-order valence-corrected chi connectivity index (χ4v) is 2.12. The van der Waals surface area contributed by atoms with Crippen molar-refractivity contribution in [3.8, 4) is 11.6 Å². The fraction of sp³-hybridized carbons (Fsp3) is 0.200. The molecule has 2 aromatic rings. The smallest absolute Gasteiger partial charge is 0.230 e. The molecule has 0 fully saturated rings. The van der Waals surface area contributed by atoms with E-state index in [2.05, 4.69) is 4.98 Å². The topological polar surface area (TPSA) is 39.2 Å². The zero-order chi connectivity index (χ0) is 14.5. The third-order valence-electron chi connectivity index (χ3n) is 2.70. The van der Waals surface area contributed by atoms with Gasteiger partial charge in [0.2, 0.25) is 5.88 Å². The van der Waals surface area contributed by atoms with Crippen LogP contribution in [0.4, 0.5) is 4.39 Å². The predicted octanol–water partition coefficient (Wildman–Crippen LogP) is 4.33. The Labute approximate surface area is 121 Å². The van der Waals surface area contributed by atoms with Crippen LogP contribution in [0.25, 0.3) is 0 Å². The van der Waals surface area contributed by atoms with Gasteiger partial charge in [0.25, 0.3) is 0 Å². The summed E-state index contributed by atoms with van der Waals surface area (Å²) >= 11 is 1.58. The molecule has 0 aliphatic heterocycles. The van der Waals surface area contributed by atoms with E-state index in [1.54, 1.807) is 24.8 Å². The Balaban J connectivity index is 2.35. The molecule has 0 radical (unpaired) electrons. The number of benzene rings is 1. The minimum Gasteiger partial charge on any atom is -0.438 e. The number of halogens is 1. The lowest BCUT2D eigenvalue weighted by Crippen LogP contribution is -2.03. The number of Topliss-reactive ketones (excluding diaryl/α,β-unsaturated/α-hetero) is 1. The summed E-state index contributed by atoms with van der Waals surface area (Å²) in [4.78, 5) is 16.7. The molecule has 1 aromatic carbocycles. The van der Waals surface area contributed by atoms with Gasteiger partial charge in [0.1, 0.15) is 11.6 Å². The van der Waals surface area contributed by atoms with Gasteiger partial charge in [0.15, 0.2) is 5.78 Å². The molecule has 0 aliphatic rings. The largest absolute Gasteiger partial charge is 0.438 e. The average molecular weight is 291 g/mol. The summed E-state index contributed by atoms with van der Waals surface area (Å²) in [7, 11) is 0. The van der Waals surface area contributed by atoms with Crippen LogP contribution in [-0.4, -0.2) is 17.0 Å². The molecule has 0 atom stereocenters. The lowest BCUT2D eigenvalue weighted by Gasteiger charge is -2.09. The molecule has 0 spiro atoms. The van der Waals surface area contributed by atoms with Gasteiger partial charge in [-0.25, -0.2) is 9.37 Å². The molecule has 1 aromatic heterocycles. The van der Waals surface area contributed by atoms with Crippen molar-refractivity contribution in [1.82, 2.24) is 4.98 Å². The molecular weight excluding hydrogens is 277 g/mol. The number of pyridine rings is 1. The van der Waals surface area contributed by atoms with Gasteiger partial charge in [-0.3, -0.25) is 4.79 Å². The maximum absolute atomic E-state index is 13.2. The molecule has 1 heterocycles. The maximum atomic E-state index is 13.2. The first-order valence-corrected chi connectivity index (χ1v) is 7.37. The minimum absolute atomic E-state index is 0.136. The molecule has 5 heteroatoms. The molecule has 0 unspecified atom stereocenters. The number of thioether (sulfide) groups is 1. The van der Waals surface area contributed by atoms with E-state index in [-0.39, 0.29) is 23.6 Å². The van der Waals surface area contributed by atoms with Gasteiger partial charge in [-0.1, -0.05) is 13.0 Å². The van der Waals surface area contributed by atoms with Crippen molar-refractivity contribution < 1.29 is 13.9 Å². The molecule has 3 nitrogen and oxygen atoms in total.